The van der Waals surface area contributed by atoms with Gasteiger partial charge in [-0.05, 0) is 48.9 Å². The molecule has 0 saturated carbocycles. The summed E-state index contributed by atoms with van der Waals surface area (Å²) in [5.41, 5.74) is 1.61. The van der Waals surface area contributed by atoms with Gasteiger partial charge < -0.3 is 29.4 Å². The van der Waals surface area contributed by atoms with Crippen LogP contribution in [0.4, 0.5) is 5.69 Å². The van der Waals surface area contributed by atoms with E-state index in [1.165, 1.54) is 24.9 Å². The van der Waals surface area contributed by atoms with Crippen LogP contribution in [0.3, 0.4) is 0 Å². The van der Waals surface area contributed by atoms with Crippen molar-refractivity contribution < 1.29 is 28.6 Å². The predicted molar refractivity (Wildman–Crippen MR) is 143 cm³/mol. The number of hydrogen-bond acceptors (Lipinski definition) is 9. The van der Waals surface area contributed by atoms with Crippen LogP contribution >= 0.6 is 11.8 Å². The third-order valence-electron chi connectivity index (χ3n) is 5.26. The van der Waals surface area contributed by atoms with Crippen LogP contribution in [0, 0.1) is 0 Å². The van der Waals surface area contributed by atoms with Crippen molar-refractivity contribution in [1.29, 1.82) is 0 Å². The maximum absolute atomic E-state index is 12.4. The second-order valence-corrected chi connectivity index (χ2v) is 8.66. The number of anilines is 1. The maximum Gasteiger partial charge on any atom is 0.337 e. The molecule has 200 valence electrons. The van der Waals surface area contributed by atoms with Crippen LogP contribution in [-0.2, 0) is 27.4 Å². The molecule has 0 fully saturated rings. The van der Waals surface area contributed by atoms with E-state index in [-0.39, 0.29) is 24.1 Å². The number of thioether (sulfide) groups is 1. The van der Waals surface area contributed by atoms with Gasteiger partial charge in [0.25, 0.3) is 0 Å². The van der Waals surface area contributed by atoms with Crippen molar-refractivity contribution in [3.05, 3.63) is 65.5 Å². The molecule has 0 unspecified atom stereocenters. The molecule has 0 radical (unpaired) electrons. The van der Waals surface area contributed by atoms with Crippen molar-refractivity contribution >= 4 is 41.3 Å². The average Bonchev–Trinajstić information content (AvgIpc) is 3.34. The van der Waals surface area contributed by atoms with E-state index < -0.39 is 5.97 Å². The first kappa shape index (κ1) is 28.3. The van der Waals surface area contributed by atoms with E-state index in [4.69, 9.17) is 14.2 Å². The number of nitrogens with zero attached hydrogens (tertiary/aromatic N) is 3. The Morgan fingerprint density at radius 1 is 1.03 bits per heavy atom. The molecule has 0 spiro atoms. The fourth-order valence-corrected chi connectivity index (χ4v) is 4.22. The number of carbonyl (C=O) groups excluding carboxylic acids is 3. The second kappa shape index (κ2) is 13.8. The summed E-state index contributed by atoms with van der Waals surface area (Å²) in [5, 5.41) is 14.4. The monoisotopic (exact) mass is 539 g/mol. The Kier molecular flexibility index (Phi) is 10.3. The highest BCUT2D eigenvalue weighted by atomic mass is 32.2. The third kappa shape index (κ3) is 7.59. The summed E-state index contributed by atoms with van der Waals surface area (Å²) in [6, 6.07) is 11.8. The summed E-state index contributed by atoms with van der Waals surface area (Å²) >= 11 is 1.22. The number of esters is 1. The average molecular weight is 540 g/mol. The topological polar surface area (TPSA) is 134 Å². The van der Waals surface area contributed by atoms with Gasteiger partial charge in [-0.15, -0.1) is 10.2 Å². The Bertz CT molecular complexity index is 1320. The van der Waals surface area contributed by atoms with Crippen LogP contribution in [-0.4, -0.2) is 59.6 Å². The van der Waals surface area contributed by atoms with Crippen LogP contribution in [0.2, 0.25) is 0 Å². The zero-order chi connectivity index (χ0) is 27.5. The highest BCUT2D eigenvalue weighted by Gasteiger charge is 2.14. The molecule has 2 amide bonds. The molecule has 2 aromatic carbocycles. The van der Waals surface area contributed by atoms with E-state index in [1.807, 2.05) is 17.6 Å². The number of ether oxygens (including phenoxy) is 3. The summed E-state index contributed by atoms with van der Waals surface area (Å²) in [7, 11) is 4.40. The minimum atomic E-state index is -0.484. The van der Waals surface area contributed by atoms with Gasteiger partial charge >= 0.3 is 5.97 Å². The molecule has 3 aromatic rings. The summed E-state index contributed by atoms with van der Waals surface area (Å²) < 4.78 is 17.0. The molecule has 0 atom stereocenters. The molecule has 2 N–H and O–H groups in total. The van der Waals surface area contributed by atoms with Crippen molar-refractivity contribution in [3.8, 4) is 11.5 Å². The van der Waals surface area contributed by atoms with Gasteiger partial charge in [0.1, 0.15) is 0 Å². The zero-order valence-electron chi connectivity index (χ0n) is 21.5. The van der Waals surface area contributed by atoms with E-state index in [0.29, 0.717) is 40.3 Å². The number of methoxy groups -OCH3 is 3. The van der Waals surface area contributed by atoms with Gasteiger partial charge in [0.15, 0.2) is 22.5 Å². The summed E-state index contributed by atoms with van der Waals surface area (Å²) in [4.78, 5) is 36.5. The number of nitrogens with one attached hydrogen (secondary N) is 2. The Hall–Kier alpha value is -4.32. The minimum Gasteiger partial charge on any atom is -0.493 e. The van der Waals surface area contributed by atoms with Gasteiger partial charge in [0.05, 0.1) is 39.2 Å². The highest BCUT2D eigenvalue weighted by molar-refractivity contribution is 7.99. The van der Waals surface area contributed by atoms with Crippen molar-refractivity contribution in [2.24, 2.45) is 0 Å². The lowest BCUT2D eigenvalue weighted by Gasteiger charge is -2.09. The summed E-state index contributed by atoms with van der Waals surface area (Å²) in [6.07, 6.45) is 3.09. The standard InChI is InChI=1S/C26H29N5O6S/c1-5-31-22(15-27-23(32)12-10-17-9-11-20(35-2)21(13-17)36-3)29-30-26(31)38-16-24(33)28-19-8-6-7-18(14-19)25(34)37-4/h6-14H,5,15-16H2,1-4H3,(H,27,32)(H,28,33). The fourth-order valence-electron chi connectivity index (χ4n) is 3.40. The van der Waals surface area contributed by atoms with Gasteiger partial charge in [-0.2, -0.15) is 0 Å². The van der Waals surface area contributed by atoms with E-state index in [0.717, 1.165) is 5.56 Å². The van der Waals surface area contributed by atoms with E-state index in [9.17, 15) is 14.4 Å². The largest absolute Gasteiger partial charge is 0.493 e. The van der Waals surface area contributed by atoms with Gasteiger partial charge in [-0.1, -0.05) is 23.9 Å². The van der Waals surface area contributed by atoms with Crippen LogP contribution in [0.1, 0.15) is 28.7 Å². The molecule has 3 rings (SSSR count). The Balaban J connectivity index is 1.54. The number of aromatic nitrogens is 3. The van der Waals surface area contributed by atoms with Crippen LogP contribution in [0.15, 0.2) is 53.7 Å². The molecule has 1 aromatic heterocycles. The first-order valence-corrected chi connectivity index (χ1v) is 12.6. The zero-order valence-corrected chi connectivity index (χ0v) is 22.3. The first-order chi connectivity index (χ1) is 18.4. The Labute approximate surface area is 224 Å². The van der Waals surface area contributed by atoms with Gasteiger partial charge in [0, 0.05) is 18.3 Å². The molecular weight excluding hydrogens is 510 g/mol. The maximum atomic E-state index is 12.4. The summed E-state index contributed by atoms with van der Waals surface area (Å²) in [6.45, 7) is 2.65. The molecule has 11 nitrogen and oxygen atoms in total. The van der Waals surface area contributed by atoms with Crippen LogP contribution in [0.25, 0.3) is 6.08 Å². The van der Waals surface area contributed by atoms with E-state index >= 15 is 0 Å². The quantitative estimate of drug-likeness (QED) is 0.202. The SMILES string of the molecule is CCn1c(CNC(=O)C=Cc2ccc(OC)c(OC)c2)nnc1SCC(=O)Nc1cccc(C(=O)OC)c1. The number of rotatable bonds is 12. The van der Waals surface area contributed by atoms with E-state index in [1.54, 1.807) is 56.7 Å². The van der Waals surface area contributed by atoms with Gasteiger partial charge in [-0.3, -0.25) is 9.59 Å². The molecule has 0 saturated heterocycles. The van der Waals surface area contributed by atoms with Crippen molar-refractivity contribution in [3.63, 3.8) is 0 Å². The molecule has 38 heavy (non-hydrogen) atoms. The highest BCUT2D eigenvalue weighted by Crippen LogP contribution is 2.28. The van der Waals surface area contributed by atoms with Crippen LogP contribution < -0.4 is 20.1 Å². The number of benzene rings is 2. The molecule has 0 aliphatic heterocycles. The number of hydrogen-bond donors (Lipinski definition) is 2. The van der Waals surface area contributed by atoms with E-state index in [2.05, 4.69) is 20.8 Å². The lowest BCUT2D eigenvalue weighted by Crippen LogP contribution is -2.22. The molecule has 1 heterocycles. The lowest BCUT2D eigenvalue weighted by atomic mass is 10.2. The second-order valence-electron chi connectivity index (χ2n) is 7.72. The van der Waals surface area contributed by atoms with Gasteiger partial charge in [0.2, 0.25) is 11.8 Å². The normalized spacial score (nSPS) is 10.7. The van der Waals surface area contributed by atoms with Crippen molar-refractivity contribution in [2.75, 3.05) is 32.4 Å². The third-order valence-corrected chi connectivity index (χ3v) is 6.23. The first-order valence-electron chi connectivity index (χ1n) is 11.6. The number of amides is 2. The fraction of sp³-hybridized carbons (Fsp3) is 0.269. The molecular formula is C26H29N5O6S. The molecule has 0 aliphatic carbocycles. The Morgan fingerprint density at radius 3 is 2.53 bits per heavy atom. The summed E-state index contributed by atoms with van der Waals surface area (Å²) in [5.74, 6) is 0.773. The Morgan fingerprint density at radius 2 is 1.82 bits per heavy atom. The van der Waals surface area contributed by atoms with Gasteiger partial charge in [-0.25, -0.2) is 4.79 Å². The smallest absolute Gasteiger partial charge is 0.337 e. The van der Waals surface area contributed by atoms with Crippen LogP contribution in [0.5, 0.6) is 11.5 Å². The molecule has 12 heteroatoms. The minimum absolute atomic E-state index is 0.0843. The van der Waals surface area contributed by atoms with Crippen molar-refractivity contribution in [1.82, 2.24) is 20.1 Å². The van der Waals surface area contributed by atoms with Crippen molar-refractivity contribution in [2.45, 2.75) is 25.2 Å². The number of carbonyl (C=O) groups is 3. The lowest BCUT2D eigenvalue weighted by molar-refractivity contribution is -0.116. The predicted octanol–water partition coefficient (Wildman–Crippen LogP) is 3.16. The molecule has 0 bridgehead atoms. The molecule has 0 aliphatic rings.